The Bertz CT molecular complexity index is 485. The number of carbonyl (C=O) groups is 1. The molecule has 0 aromatic carbocycles. The lowest BCUT2D eigenvalue weighted by Crippen LogP contribution is -2.49. The maximum atomic E-state index is 12.1. The Hall–Kier alpha value is -1.51. The van der Waals surface area contributed by atoms with Crippen LogP contribution in [0.25, 0.3) is 0 Å². The Morgan fingerprint density at radius 1 is 1.50 bits per heavy atom. The van der Waals surface area contributed by atoms with Crippen LogP contribution in [0.2, 0.25) is 0 Å². The Morgan fingerprint density at radius 2 is 2.20 bits per heavy atom. The third-order valence-electron chi connectivity index (χ3n) is 3.13. The summed E-state index contributed by atoms with van der Waals surface area (Å²) >= 11 is 1.16. The molecule has 0 bridgehead atoms. The van der Waals surface area contributed by atoms with Crippen molar-refractivity contribution in [1.82, 2.24) is 15.1 Å². The summed E-state index contributed by atoms with van der Waals surface area (Å²) in [5.41, 5.74) is 0. The third-order valence-corrected chi connectivity index (χ3v) is 4.15. The van der Waals surface area contributed by atoms with Crippen LogP contribution in [0.3, 0.4) is 0 Å². The molecule has 1 aromatic heterocycles. The molecule has 1 N–H and O–H groups in total. The number of hydrogen-bond acceptors (Lipinski definition) is 6. The summed E-state index contributed by atoms with van der Waals surface area (Å²) in [7, 11) is 1.85. The van der Waals surface area contributed by atoms with E-state index in [4.69, 9.17) is 0 Å². The van der Waals surface area contributed by atoms with E-state index in [2.05, 4.69) is 5.32 Å². The number of nitro groups is 1. The molecule has 0 spiro atoms. The number of rotatable bonds is 5. The van der Waals surface area contributed by atoms with E-state index in [-0.39, 0.29) is 15.8 Å². The first-order chi connectivity index (χ1) is 9.56. The van der Waals surface area contributed by atoms with Gasteiger partial charge in [0.25, 0.3) is 0 Å². The molecule has 1 aliphatic rings. The minimum Gasteiger partial charge on any atom is -0.339 e. The third kappa shape index (κ3) is 3.99. The molecule has 1 aromatic rings. The molecule has 110 valence electrons. The molecule has 2 rings (SSSR count). The van der Waals surface area contributed by atoms with Crippen LogP contribution >= 0.6 is 11.3 Å². The van der Waals surface area contributed by atoms with Crippen LogP contribution in [-0.4, -0.2) is 60.4 Å². The Kier molecular flexibility index (Phi) is 5.05. The van der Waals surface area contributed by atoms with E-state index in [1.54, 1.807) is 6.07 Å². The smallest absolute Gasteiger partial charge is 0.324 e. The molecule has 7 nitrogen and oxygen atoms in total. The molecule has 0 unspecified atom stereocenters. The van der Waals surface area contributed by atoms with E-state index in [9.17, 15) is 14.9 Å². The number of hydrogen-bond donors (Lipinski definition) is 1. The molecule has 0 aliphatic carbocycles. The molecule has 1 aliphatic heterocycles. The molecule has 0 radical (unpaired) electrons. The minimum atomic E-state index is -0.389. The van der Waals surface area contributed by atoms with Gasteiger partial charge >= 0.3 is 5.00 Å². The van der Waals surface area contributed by atoms with Crippen molar-refractivity contribution in [3.8, 4) is 0 Å². The van der Waals surface area contributed by atoms with Crippen molar-refractivity contribution in [3.05, 3.63) is 27.1 Å². The fourth-order valence-electron chi connectivity index (χ4n) is 2.12. The lowest BCUT2D eigenvalue weighted by molar-refractivity contribution is -0.380. The van der Waals surface area contributed by atoms with E-state index in [1.165, 1.54) is 6.07 Å². The summed E-state index contributed by atoms with van der Waals surface area (Å²) in [6.07, 6.45) is 0. The number of nitrogens with zero attached hydrogens (tertiary/aromatic N) is 3. The molecule has 0 atom stereocenters. The minimum absolute atomic E-state index is 0.111. The highest BCUT2D eigenvalue weighted by Crippen LogP contribution is 2.24. The quantitative estimate of drug-likeness (QED) is 0.633. The average molecular weight is 298 g/mol. The van der Waals surface area contributed by atoms with Crippen molar-refractivity contribution in [2.75, 3.05) is 39.8 Å². The van der Waals surface area contributed by atoms with Crippen LogP contribution in [0.1, 0.15) is 4.88 Å². The Labute approximate surface area is 121 Å². The van der Waals surface area contributed by atoms with Gasteiger partial charge in [0.15, 0.2) is 0 Å². The first kappa shape index (κ1) is 14.9. The van der Waals surface area contributed by atoms with Gasteiger partial charge in [-0.2, -0.15) is 0 Å². The van der Waals surface area contributed by atoms with E-state index >= 15 is 0 Å². The summed E-state index contributed by atoms with van der Waals surface area (Å²) in [6, 6.07) is 3.25. The number of thiophene rings is 1. The van der Waals surface area contributed by atoms with Crippen LogP contribution in [0, 0.1) is 10.1 Å². The van der Waals surface area contributed by atoms with Gasteiger partial charge in [0.05, 0.1) is 11.5 Å². The van der Waals surface area contributed by atoms with Crippen LogP contribution in [0.15, 0.2) is 12.1 Å². The lowest BCUT2D eigenvalue weighted by atomic mass is 10.3. The van der Waals surface area contributed by atoms with Crippen molar-refractivity contribution in [3.63, 3.8) is 0 Å². The Morgan fingerprint density at radius 3 is 2.80 bits per heavy atom. The molecule has 1 amide bonds. The van der Waals surface area contributed by atoms with Crippen molar-refractivity contribution in [2.45, 2.75) is 6.54 Å². The summed E-state index contributed by atoms with van der Waals surface area (Å²) in [6.45, 7) is 4.06. The summed E-state index contributed by atoms with van der Waals surface area (Å²) in [5.74, 6) is 0.111. The van der Waals surface area contributed by atoms with E-state index in [0.29, 0.717) is 13.1 Å². The zero-order valence-electron chi connectivity index (χ0n) is 11.4. The van der Waals surface area contributed by atoms with E-state index < -0.39 is 0 Å². The second-order valence-corrected chi connectivity index (χ2v) is 5.95. The van der Waals surface area contributed by atoms with Crippen LogP contribution < -0.4 is 5.32 Å². The van der Waals surface area contributed by atoms with Gasteiger partial charge in [-0.1, -0.05) is 11.3 Å². The number of likely N-dealkylation sites (N-methyl/N-ethyl adjacent to an activating group) is 1. The molecule has 0 saturated carbocycles. The van der Waals surface area contributed by atoms with E-state index in [1.807, 2.05) is 16.8 Å². The lowest BCUT2D eigenvalue weighted by Gasteiger charge is -2.29. The van der Waals surface area contributed by atoms with Gasteiger partial charge in [0.2, 0.25) is 5.91 Å². The maximum absolute atomic E-state index is 12.1. The van der Waals surface area contributed by atoms with Crippen LogP contribution in [-0.2, 0) is 11.3 Å². The second kappa shape index (κ2) is 6.78. The first-order valence-electron chi connectivity index (χ1n) is 6.46. The SMILES string of the molecule is CN(CC(=O)N1CCNCC1)Cc1ccc([N+](=O)[O-])s1. The largest absolute Gasteiger partial charge is 0.339 e. The molecule has 1 fully saturated rings. The zero-order chi connectivity index (χ0) is 14.5. The number of carbonyl (C=O) groups excluding carboxylic acids is 1. The normalized spacial score (nSPS) is 15.6. The van der Waals surface area contributed by atoms with Crippen molar-refractivity contribution < 1.29 is 9.72 Å². The summed E-state index contributed by atoms with van der Waals surface area (Å²) in [5, 5.41) is 14.0. The number of nitrogens with one attached hydrogen (secondary N) is 1. The van der Waals surface area contributed by atoms with Gasteiger partial charge in [0.1, 0.15) is 0 Å². The maximum Gasteiger partial charge on any atom is 0.324 e. The van der Waals surface area contributed by atoms with Crippen molar-refractivity contribution in [1.29, 1.82) is 0 Å². The molecular formula is C12H18N4O3S. The Balaban J connectivity index is 1.83. The van der Waals surface area contributed by atoms with Gasteiger partial charge in [0, 0.05) is 43.7 Å². The number of piperazine rings is 1. The fourth-order valence-corrected chi connectivity index (χ4v) is 3.02. The molecule has 8 heteroatoms. The van der Waals surface area contributed by atoms with Crippen LogP contribution in [0.4, 0.5) is 5.00 Å². The van der Waals surface area contributed by atoms with Crippen molar-refractivity contribution in [2.24, 2.45) is 0 Å². The highest BCUT2D eigenvalue weighted by molar-refractivity contribution is 7.15. The molecule has 2 heterocycles. The molecule has 1 saturated heterocycles. The van der Waals surface area contributed by atoms with Gasteiger partial charge in [-0.15, -0.1) is 0 Å². The summed E-state index contributed by atoms with van der Waals surface area (Å²) < 4.78 is 0. The predicted molar refractivity (Wildman–Crippen MR) is 76.8 cm³/mol. The van der Waals surface area contributed by atoms with E-state index in [0.717, 1.165) is 42.4 Å². The highest BCUT2D eigenvalue weighted by Gasteiger charge is 2.18. The summed E-state index contributed by atoms with van der Waals surface area (Å²) in [4.78, 5) is 26.9. The fraction of sp³-hybridized carbons (Fsp3) is 0.583. The zero-order valence-corrected chi connectivity index (χ0v) is 12.2. The highest BCUT2D eigenvalue weighted by atomic mass is 32.1. The average Bonchev–Trinajstić information content (AvgIpc) is 2.88. The van der Waals surface area contributed by atoms with Gasteiger partial charge in [-0.3, -0.25) is 19.8 Å². The number of amides is 1. The van der Waals surface area contributed by atoms with Gasteiger partial charge in [-0.25, -0.2) is 0 Å². The monoisotopic (exact) mass is 298 g/mol. The predicted octanol–water partition coefficient (Wildman–Crippen LogP) is 0.520. The standard InChI is InChI=1S/C12H18N4O3S/c1-14(8-10-2-3-12(20-10)16(18)19)9-11(17)15-6-4-13-5-7-15/h2-3,13H,4-9H2,1H3. The van der Waals surface area contributed by atoms with Crippen molar-refractivity contribution >= 4 is 22.2 Å². The second-order valence-electron chi connectivity index (χ2n) is 4.80. The molecular weight excluding hydrogens is 280 g/mol. The van der Waals surface area contributed by atoms with Gasteiger partial charge in [-0.05, 0) is 13.1 Å². The first-order valence-corrected chi connectivity index (χ1v) is 7.28. The van der Waals surface area contributed by atoms with Gasteiger partial charge < -0.3 is 10.2 Å². The molecule has 20 heavy (non-hydrogen) atoms. The van der Waals surface area contributed by atoms with Crippen LogP contribution in [0.5, 0.6) is 0 Å². The topological polar surface area (TPSA) is 78.7 Å².